The van der Waals surface area contributed by atoms with E-state index in [0.29, 0.717) is 22.2 Å². The summed E-state index contributed by atoms with van der Waals surface area (Å²) in [6.45, 7) is 6.72. The number of nitrogens with zero attached hydrogens (tertiary/aromatic N) is 4. The van der Waals surface area contributed by atoms with Crippen LogP contribution in [0.5, 0.6) is 0 Å². The van der Waals surface area contributed by atoms with E-state index in [2.05, 4.69) is 15.5 Å². The minimum atomic E-state index is -0.783. The molecule has 1 amide bonds. The number of aryl methyl sites for hydroxylation is 1. The lowest BCUT2D eigenvalue weighted by Gasteiger charge is -2.13. The maximum Gasteiger partial charge on any atom is 0.359 e. The van der Waals surface area contributed by atoms with E-state index >= 15 is 0 Å². The van der Waals surface area contributed by atoms with Gasteiger partial charge in [-0.3, -0.25) is 9.59 Å². The van der Waals surface area contributed by atoms with Gasteiger partial charge >= 0.3 is 5.97 Å². The van der Waals surface area contributed by atoms with Crippen LogP contribution in [0.2, 0.25) is 0 Å². The summed E-state index contributed by atoms with van der Waals surface area (Å²) in [5.41, 5.74) is 2.51. The van der Waals surface area contributed by atoms with Crippen molar-refractivity contribution in [1.82, 2.24) is 19.6 Å². The van der Waals surface area contributed by atoms with Crippen molar-refractivity contribution in [3.05, 3.63) is 82.0 Å². The van der Waals surface area contributed by atoms with Crippen LogP contribution < -0.4 is 10.9 Å². The van der Waals surface area contributed by atoms with Gasteiger partial charge in [0.1, 0.15) is 0 Å². The Balaban J connectivity index is 1.52. The first-order chi connectivity index (χ1) is 16.3. The zero-order valence-electron chi connectivity index (χ0n) is 19.4. The molecular weight excluding hydrogens is 434 g/mol. The average molecular weight is 460 g/mol. The lowest BCUT2D eigenvalue weighted by Crippen LogP contribution is -2.29. The van der Waals surface area contributed by atoms with Gasteiger partial charge in [0.05, 0.1) is 34.2 Å². The molecular formula is C25H25N5O4. The number of hydrogen-bond donors (Lipinski definition) is 1. The van der Waals surface area contributed by atoms with Crippen molar-refractivity contribution in [2.75, 3.05) is 11.9 Å². The minimum Gasteiger partial charge on any atom is -0.451 e. The maximum atomic E-state index is 12.8. The molecule has 9 nitrogen and oxygen atoms in total. The Bertz CT molecular complexity index is 1440. The summed E-state index contributed by atoms with van der Waals surface area (Å²) in [6.07, 6.45) is 0. The van der Waals surface area contributed by atoms with Gasteiger partial charge in [-0.15, -0.1) is 0 Å². The van der Waals surface area contributed by atoms with Crippen LogP contribution in [-0.2, 0) is 9.53 Å². The predicted molar refractivity (Wildman–Crippen MR) is 128 cm³/mol. The number of carbonyl (C=O) groups excluding carboxylic acids is 2. The van der Waals surface area contributed by atoms with Gasteiger partial charge in [-0.2, -0.15) is 10.2 Å². The zero-order chi connectivity index (χ0) is 24.4. The van der Waals surface area contributed by atoms with E-state index in [1.807, 2.05) is 37.3 Å². The molecule has 34 heavy (non-hydrogen) atoms. The molecule has 9 heteroatoms. The fourth-order valence-corrected chi connectivity index (χ4v) is 3.73. The highest BCUT2D eigenvalue weighted by molar-refractivity contribution is 6.03. The number of carbonyl (C=O) groups is 2. The highest BCUT2D eigenvalue weighted by Crippen LogP contribution is 2.23. The van der Waals surface area contributed by atoms with Crippen LogP contribution in [0.3, 0.4) is 0 Å². The lowest BCUT2D eigenvalue weighted by atomic mass is 10.1. The third-order valence-corrected chi connectivity index (χ3v) is 5.40. The largest absolute Gasteiger partial charge is 0.451 e. The van der Waals surface area contributed by atoms with Crippen LogP contribution in [-0.4, -0.2) is 38.0 Å². The van der Waals surface area contributed by atoms with Crippen molar-refractivity contribution in [3.8, 4) is 5.69 Å². The highest BCUT2D eigenvalue weighted by Gasteiger charge is 2.21. The van der Waals surface area contributed by atoms with Crippen molar-refractivity contribution in [2.24, 2.45) is 0 Å². The van der Waals surface area contributed by atoms with Gasteiger partial charge in [-0.05, 0) is 45.9 Å². The molecule has 0 fully saturated rings. The zero-order valence-corrected chi connectivity index (χ0v) is 19.4. The number of benzene rings is 2. The van der Waals surface area contributed by atoms with Crippen LogP contribution in [0.15, 0.2) is 59.4 Å². The van der Waals surface area contributed by atoms with E-state index in [4.69, 9.17) is 4.74 Å². The van der Waals surface area contributed by atoms with Gasteiger partial charge in [0.2, 0.25) is 0 Å². The van der Waals surface area contributed by atoms with E-state index in [9.17, 15) is 14.4 Å². The number of aromatic nitrogens is 4. The van der Waals surface area contributed by atoms with Crippen LogP contribution in [0.4, 0.5) is 5.69 Å². The molecule has 0 aliphatic carbocycles. The topological polar surface area (TPSA) is 108 Å². The molecule has 2 aromatic heterocycles. The van der Waals surface area contributed by atoms with Gasteiger partial charge in [0.25, 0.3) is 11.5 Å². The molecule has 0 spiro atoms. The van der Waals surface area contributed by atoms with E-state index < -0.39 is 18.5 Å². The van der Waals surface area contributed by atoms with Gasteiger partial charge in [0, 0.05) is 5.39 Å². The first-order valence-electron chi connectivity index (χ1n) is 10.9. The predicted octanol–water partition coefficient (Wildman–Crippen LogP) is 3.58. The molecule has 0 bridgehead atoms. The summed E-state index contributed by atoms with van der Waals surface area (Å²) in [6, 6.07) is 16.0. The molecule has 2 aromatic carbocycles. The molecule has 0 radical (unpaired) electrons. The molecule has 0 saturated carbocycles. The fraction of sp³-hybridized carbons (Fsp3) is 0.240. The summed E-state index contributed by atoms with van der Waals surface area (Å²) in [5.74, 6) is -1.29. The number of nitrogens with one attached hydrogen (secondary N) is 1. The number of rotatable bonds is 6. The highest BCUT2D eigenvalue weighted by atomic mass is 16.5. The molecule has 174 valence electrons. The Kier molecular flexibility index (Phi) is 6.27. The molecule has 0 aliphatic heterocycles. The van der Waals surface area contributed by atoms with Gasteiger partial charge in [0.15, 0.2) is 12.3 Å². The summed E-state index contributed by atoms with van der Waals surface area (Å²) in [5, 5.41) is 12.2. The average Bonchev–Trinajstić information content (AvgIpc) is 3.11. The third kappa shape index (κ3) is 4.32. The van der Waals surface area contributed by atoms with Crippen LogP contribution in [0.25, 0.3) is 16.5 Å². The number of esters is 1. The summed E-state index contributed by atoms with van der Waals surface area (Å²) in [4.78, 5) is 38.1. The summed E-state index contributed by atoms with van der Waals surface area (Å²) in [7, 11) is 0. The van der Waals surface area contributed by atoms with E-state index in [0.717, 1.165) is 11.4 Å². The molecule has 0 aliphatic rings. The van der Waals surface area contributed by atoms with E-state index in [1.165, 1.54) is 4.68 Å². The number of para-hydroxylation sites is 1. The third-order valence-electron chi connectivity index (χ3n) is 5.40. The SMILES string of the molecule is Cc1nn(-c2ccccc2)c(C)c1NC(=O)COC(=O)c1nn(C(C)C)c(=O)c2ccccc12. The summed E-state index contributed by atoms with van der Waals surface area (Å²) < 4.78 is 8.24. The molecule has 0 saturated heterocycles. The monoisotopic (exact) mass is 459 g/mol. The Morgan fingerprint density at radius 2 is 1.62 bits per heavy atom. The minimum absolute atomic E-state index is 0.0130. The van der Waals surface area contributed by atoms with E-state index in [1.54, 1.807) is 49.7 Å². The van der Waals surface area contributed by atoms with Gasteiger partial charge in [-0.1, -0.05) is 36.4 Å². The van der Waals surface area contributed by atoms with Gasteiger partial charge < -0.3 is 10.1 Å². The van der Waals surface area contributed by atoms with Crippen molar-refractivity contribution in [3.63, 3.8) is 0 Å². The van der Waals surface area contributed by atoms with Crippen molar-refractivity contribution >= 4 is 28.3 Å². The lowest BCUT2D eigenvalue weighted by molar-refractivity contribution is -0.119. The number of hydrogen-bond acceptors (Lipinski definition) is 6. The fourth-order valence-electron chi connectivity index (χ4n) is 3.73. The quantitative estimate of drug-likeness (QED) is 0.442. The van der Waals surface area contributed by atoms with Crippen molar-refractivity contribution in [2.45, 2.75) is 33.7 Å². The second kappa shape index (κ2) is 9.30. The maximum absolute atomic E-state index is 12.8. The molecule has 4 aromatic rings. The van der Waals surface area contributed by atoms with Crippen molar-refractivity contribution in [1.29, 1.82) is 0 Å². The van der Waals surface area contributed by atoms with Crippen LogP contribution in [0.1, 0.15) is 41.8 Å². The normalized spacial score (nSPS) is 11.1. The van der Waals surface area contributed by atoms with Crippen LogP contribution in [0, 0.1) is 13.8 Å². The molecule has 4 rings (SSSR count). The Hall–Kier alpha value is -4.27. The Morgan fingerprint density at radius 1 is 0.971 bits per heavy atom. The number of ether oxygens (including phenoxy) is 1. The molecule has 0 unspecified atom stereocenters. The van der Waals surface area contributed by atoms with Crippen molar-refractivity contribution < 1.29 is 14.3 Å². The standard InChI is InChI=1S/C25H25N5O4/c1-15(2)29-24(32)20-13-9-8-12-19(20)23(28-29)25(33)34-14-21(31)26-22-16(3)27-30(17(22)4)18-10-6-5-7-11-18/h5-13,15H,14H2,1-4H3,(H,26,31). The van der Waals surface area contributed by atoms with Crippen LogP contribution >= 0.6 is 0 Å². The second-order valence-electron chi connectivity index (χ2n) is 8.16. The first-order valence-corrected chi connectivity index (χ1v) is 10.9. The summed E-state index contributed by atoms with van der Waals surface area (Å²) >= 11 is 0. The first kappa shape index (κ1) is 22.9. The smallest absolute Gasteiger partial charge is 0.359 e. The second-order valence-corrected chi connectivity index (χ2v) is 8.16. The molecule has 2 heterocycles. The van der Waals surface area contributed by atoms with E-state index in [-0.39, 0.29) is 17.3 Å². The number of fused-ring (bicyclic) bond motifs is 1. The Morgan fingerprint density at radius 3 is 2.29 bits per heavy atom. The van der Waals surface area contributed by atoms with Gasteiger partial charge in [-0.25, -0.2) is 14.2 Å². The molecule has 1 N–H and O–H groups in total. The number of anilines is 1. The molecule has 0 atom stereocenters. The Labute approximate surface area is 196 Å². The number of amides is 1.